The molecule has 0 radical (unpaired) electrons. The van der Waals surface area contributed by atoms with Gasteiger partial charge in [-0.2, -0.15) is 0 Å². The zero-order valence-corrected chi connectivity index (χ0v) is 19.1. The third kappa shape index (κ3) is 8.04. The monoisotopic (exact) mass is 501 g/mol. The Kier molecular flexibility index (Phi) is 10.9. The maximum atomic E-state index is 12.3. The van der Waals surface area contributed by atoms with E-state index in [9.17, 15) is 9.59 Å². The molecule has 1 saturated heterocycles. The van der Waals surface area contributed by atoms with Gasteiger partial charge in [-0.3, -0.25) is 14.6 Å². The Morgan fingerprint density at radius 2 is 2.04 bits per heavy atom. The van der Waals surface area contributed by atoms with Crippen LogP contribution in [-0.4, -0.2) is 61.3 Å². The lowest BCUT2D eigenvalue weighted by atomic mass is 9.95. The molecule has 1 aromatic rings. The number of amides is 2. The van der Waals surface area contributed by atoms with Crippen LogP contribution in [0.1, 0.15) is 31.2 Å². The fraction of sp³-hybridized carbons (Fsp3) is 0.550. The molecular weight excluding hydrogens is 469 g/mol. The van der Waals surface area contributed by atoms with Crippen molar-refractivity contribution in [3.05, 3.63) is 35.9 Å². The first-order valence-electron chi connectivity index (χ1n) is 9.51. The fourth-order valence-corrected chi connectivity index (χ4v) is 3.46. The molecule has 28 heavy (non-hydrogen) atoms. The highest BCUT2D eigenvalue weighted by Gasteiger charge is 2.23. The molecule has 1 aliphatic rings. The van der Waals surface area contributed by atoms with E-state index in [1.807, 2.05) is 37.4 Å². The van der Waals surface area contributed by atoms with Crippen molar-refractivity contribution in [2.24, 2.45) is 16.6 Å². The molecule has 0 spiro atoms. The number of carbonyl (C=O) groups excluding carboxylic acids is 2. The van der Waals surface area contributed by atoms with Crippen LogP contribution in [-0.2, 0) is 16.1 Å². The Hall–Kier alpha value is -1.84. The van der Waals surface area contributed by atoms with E-state index >= 15 is 0 Å². The van der Waals surface area contributed by atoms with Crippen molar-refractivity contribution >= 4 is 41.8 Å². The van der Waals surface area contributed by atoms with Crippen molar-refractivity contribution in [3.8, 4) is 0 Å². The van der Waals surface area contributed by atoms with Gasteiger partial charge in [0.15, 0.2) is 5.96 Å². The summed E-state index contributed by atoms with van der Waals surface area (Å²) < 4.78 is 0. The van der Waals surface area contributed by atoms with Gasteiger partial charge in [0.2, 0.25) is 11.8 Å². The van der Waals surface area contributed by atoms with Gasteiger partial charge < -0.3 is 20.9 Å². The third-order valence-electron chi connectivity index (χ3n) is 4.83. The van der Waals surface area contributed by atoms with Gasteiger partial charge in [-0.05, 0) is 24.3 Å². The molecule has 1 heterocycles. The maximum absolute atomic E-state index is 12.3. The van der Waals surface area contributed by atoms with Crippen molar-refractivity contribution in [2.45, 2.75) is 32.2 Å². The first-order valence-corrected chi connectivity index (χ1v) is 9.51. The second-order valence-electron chi connectivity index (χ2n) is 7.08. The van der Waals surface area contributed by atoms with Gasteiger partial charge in [0, 0.05) is 53.1 Å². The molecule has 8 heteroatoms. The summed E-state index contributed by atoms with van der Waals surface area (Å²) in [7, 11) is 3.56. The average Bonchev–Trinajstić information content (AvgIpc) is 2.65. The first kappa shape index (κ1) is 24.2. The number of halogens is 1. The van der Waals surface area contributed by atoms with Crippen molar-refractivity contribution in [2.75, 3.05) is 33.7 Å². The van der Waals surface area contributed by atoms with Crippen molar-refractivity contribution < 1.29 is 9.59 Å². The van der Waals surface area contributed by atoms with E-state index in [-0.39, 0.29) is 41.7 Å². The smallest absolute Gasteiger partial charge is 0.224 e. The second kappa shape index (κ2) is 12.6. The van der Waals surface area contributed by atoms with Crippen LogP contribution >= 0.6 is 24.0 Å². The van der Waals surface area contributed by atoms with Gasteiger partial charge in [0.25, 0.3) is 0 Å². The van der Waals surface area contributed by atoms with Crippen LogP contribution in [0.4, 0.5) is 0 Å². The van der Waals surface area contributed by atoms with Crippen LogP contribution in [0.3, 0.4) is 0 Å². The number of likely N-dealkylation sites (tertiary alicyclic amines) is 1. The highest BCUT2D eigenvalue weighted by atomic mass is 127. The van der Waals surface area contributed by atoms with Crippen molar-refractivity contribution in [1.82, 2.24) is 15.1 Å². The molecule has 0 bridgehead atoms. The number of hydrogen-bond donors (Lipinski definition) is 2. The Balaban J connectivity index is 0.00000392. The number of guanidine groups is 1. The summed E-state index contributed by atoms with van der Waals surface area (Å²) in [4.78, 5) is 31.7. The topological polar surface area (TPSA) is 91.0 Å². The van der Waals surface area contributed by atoms with Crippen LogP contribution in [0.15, 0.2) is 35.3 Å². The molecule has 2 rings (SSSR count). The minimum atomic E-state index is -0.253. The number of piperidine rings is 1. The quantitative estimate of drug-likeness (QED) is 0.339. The SMILES string of the molecule is CN=C(NCCC(=O)N(C)Cc1ccccc1)N1CCCC(CC(N)=O)C1.I. The molecule has 7 nitrogen and oxygen atoms in total. The zero-order chi connectivity index (χ0) is 19.6. The Morgan fingerprint density at radius 1 is 1.32 bits per heavy atom. The number of nitrogens with two attached hydrogens (primary N) is 1. The summed E-state index contributed by atoms with van der Waals surface area (Å²) in [5.74, 6) is 0.889. The van der Waals surface area contributed by atoms with E-state index in [0.29, 0.717) is 25.9 Å². The molecule has 1 aromatic carbocycles. The van der Waals surface area contributed by atoms with E-state index in [1.54, 1.807) is 11.9 Å². The van der Waals surface area contributed by atoms with Crippen LogP contribution < -0.4 is 11.1 Å². The zero-order valence-electron chi connectivity index (χ0n) is 16.8. The van der Waals surface area contributed by atoms with E-state index < -0.39 is 0 Å². The van der Waals surface area contributed by atoms with Crippen molar-refractivity contribution in [1.29, 1.82) is 0 Å². The van der Waals surface area contributed by atoms with Gasteiger partial charge in [-0.1, -0.05) is 30.3 Å². The Morgan fingerprint density at radius 3 is 2.68 bits per heavy atom. The molecule has 1 atom stereocenters. The number of nitrogens with zero attached hydrogens (tertiary/aromatic N) is 3. The number of hydrogen-bond acceptors (Lipinski definition) is 3. The van der Waals surface area contributed by atoms with E-state index in [2.05, 4.69) is 15.2 Å². The molecule has 1 aliphatic heterocycles. The number of rotatable bonds is 7. The normalized spacial score (nSPS) is 16.9. The highest BCUT2D eigenvalue weighted by molar-refractivity contribution is 14.0. The van der Waals surface area contributed by atoms with Gasteiger partial charge in [0.1, 0.15) is 0 Å². The number of carbonyl (C=O) groups is 2. The summed E-state index contributed by atoms with van der Waals surface area (Å²) >= 11 is 0. The van der Waals surface area contributed by atoms with Crippen molar-refractivity contribution in [3.63, 3.8) is 0 Å². The van der Waals surface area contributed by atoms with Gasteiger partial charge >= 0.3 is 0 Å². The Bertz CT molecular complexity index is 653. The largest absolute Gasteiger partial charge is 0.370 e. The van der Waals surface area contributed by atoms with Crippen LogP contribution in [0, 0.1) is 5.92 Å². The lowest BCUT2D eigenvalue weighted by molar-refractivity contribution is -0.130. The molecule has 1 unspecified atom stereocenters. The van der Waals surface area contributed by atoms with E-state index in [1.165, 1.54) is 0 Å². The summed E-state index contributed by atoms with van der Waals surface area (Å²) in [6.45, 7) is 2.80. The number of aliphatic imine (C=N–C) groups is 1. The van der Waals surface area contributed by atoms with Crippen LogP contribution in [0.2, 0.25) is 0 Å². The average molecular weight is 501 g/mol. The molecule has 0 aliphatic carbocycles. The lowest BCUT2D eigenvalue weighted by Crippen LogP contribution is -2.47. The molecule has 2 amide bonds. The fourth-order valence-electron chi connectivity index (χ4n) is 3.46. The summed E-state index contributed by atoms with van der Waals surface area (Å²) in [6, 6.07) is 9.95. The maximum Gasteiger partial charge on any atom is 0.224 e. The minimum absolute atomic E-state index is 0. The molecule has 0 aromatic heterocycles. The van der Waals surface area contributed by atoms with Gasteiger partial charge in [-0.15, -0.1) is 24.0 Å². The van der Waals surface area contributed by atoms with E-state index in [0.717, 1.165) is 37.5 Å². The molecule has 3 N–H and O–H groups in total. The number of benzene rings is 1. The number of nitrogens with one attached hydrogen (secondary N) is 1. The predicted molar refractivity (Wildman–Crippen MR) is 122 cm³/mol. The minimum Gasteiger partial charge on any atom is -0.370 e. The summed E-state index contributed by atoms with van der Waals surface area (Å²) in [5.41, 5.74) is 6.45. The third-order valence-corrected chi connectivity index (χ3v) is 4.83. The summed E-state index contributed by atoms with van der Waals surface area (Å²) in [6.07, 6.45) is 2.84. The molecule has 0 saturated carbocycles. The standard InChI is InChI=1S/C20H31N5O2.HI/c1-22-20(25-12-6-9-17(15-25)13-18(21)26)23-11-10-19(27)24(2)14-16-7-4-3-5-8-16;/h3-5,7-8,17H,6,9-15H2,1-2H3,(H2,21,26)(H,22,23);1H. The molecular formula is C20H32IN5O2. The lowest BCUT2D eigenvalue weighted by Gasteiger charge is -2.34. The van der Waals surface area contributed by atoms with Crippen LogP contribution in [0.25, 0.3) is 0 Å². The highest BCUT2D eigenvalue weighted by Crippen LogP contribution is 2.19. The van der Waals surface area contributed by atoms with E-state index in [4.69, 9.17) is 5.73 Å². The van der Waals surface area contributed by atoms with Gasteiger partial charge in [0.05, 0.1) is 0 Å². The number of primary amides is 1. The second-order valence-corrected chi connectivity index (χ2v) is 7.08. The molecule has 156 valence electrons. The Labute approximate surface area is 184 Å². The summed E-state index contributed by atoms with van der Waals surface area (Å²) in [5, 5.41) is 3.27. The predicted octanol–water partition coefficient (Wildman–Crippen LogP) is 1.82. The van der Waals surface area contributed by atoms with Gasteiger partial charge in [-0.25, -0.2) is 0 Å². The first-order chi connectivity index (χ1) is 13.0. The van der Waals surface area contributed by atoms with Crippen LogP contribution in [0.5, 0.6) is 0 Å². The molecule has 1 fully saturated rings.